The third-order valence-corrected chi connectivity index (χ3v) is 2.71. The van der Waals surface area contributed by atoms with Crippen molar-refractivity contribution < 1.29 is 13.9 Å². The fourth-order valence-corrected chi connectivity index (χ4v) is 1.57. The first-order chi connectivity index (χ1) is 7.86. The Morgan fingerprint density at radius 1 is 1.41 bits per heavy atom. The summed E-state index contributed by atoms with van der Waals surface area (Å²) in [5, 5.41) is 2.60. The van der Waals surface area contributed by atoms with Crippen LogP contribution in [0.5, 0.6) is 0 Å². The molecule has 0 aliphatic carbocycles. The van der Waals surface area contributed by atoms with Gasteiger partial charge in [-0.2, -0.15) is 0 Å². The van der Waals surface area contributed by atoms with E-state index >= 15 is 0 Å². The lowest BCUT2D eigenvalue weighted by atomic mass is 9.91. The molecule has 0 bridgehead atoms. The number of primary amides is 1. The summed E-state index contributed by atoms with van der Waals surface area (Å²) in [6, 6.07) is 4.76. The number of hydrogen-bond acceptors (Lipinski definition) is 2. The van der Waals surface area contributed by atoms with Crippen LogP contribution in [0.25, 0.3) is 0 Å². The summed E-state index contributed by atoms with van der Waals surface area (Å²) in [6.07, 6.45) is 0. The summed E-state index contributed by atoms with van der Waals surface area (Å²) in [5.41, 5.74) is 5.22. The maximum Gasteiger partial charge on any atom is 0.312 e. The number of methoxy groups -OCH3 is 1. The van der Waals surface area contributed by atoms with Crippen molar-refractivity contribution in [2.24, 2.45) is 5.73 Å². The molecule has 1 aromatic rings. The van der Waals surface area contributed by atoms with Gasteiger partial charge in [0.1, 0.15) is 5.82 Å². The predicted octanol–water partition coefficient (Wildman–Crippen LogP) is 1.96. The fraction of sp³-hybridized carbons (Fsp3) is 0.417. The highest BCUT2D eigenvalue weighted by atomic mass is 19.1. The third-order valence-electron chi connectivity index (χ3n) is 2.71. The van der Waals surface area contributed by atoms with Crippen LogP contribution in [0.2, 0.25) is 0 Å². The van der Waals surface area contributed by atoms with E-state index in [1.165, 1.54) is 12.1 Å². The third kappa shape index (κ3) is 3.42. The van der Waals surface area contributed by atoms with Crippen LogP contribution in [0, 0.1) is 5.82 Å². The van der Waals surface area contributed by atoms with Crippen molar-refractivity contribution in [2.45, 2.75) is 25.5 Å². The second-order valence-corrected chi connectivity index (χ2v) is 4.30. The summed E-state index contributed by atoms with van der Waals surface area (Å²) < 4.78 is 18.2. The van der Waals surface area contributed by atoms with Gasteiger partial charge in [-0.15, -0.1) is 0 Å². The zero-order valence-electron chi connectivity index (χ0n) is 10.2. The van der Waals surface area contributed by atoms with E-state index in [-0.39, 0.29) is 5.82 Å². The minimum atomic E-state index is -0.649. The lowest BCUT2D eigenvalue weighted by Gasteiger charge is -2.33. The van der Waals surface area contributed by atoms with Gasteiger partial charge in [-0.05, 0) is 31.5 Å². The van der Waals surface area contributed by atoms with E-state index in [2.05, 4.69) is 5.32 Å². The molecule has 1 rings (SSSR count). The number of urea groups is 1. The zero-order valence-corrected chi connectivity index (χ0v) is 10.2. The second-order valence-electron chi connectivity index (χ2n) is 4.30. The average molecular weight is 240 g/mol. The standard InChI is InChI=1S/C12H17FN2O2/c1-12(2,17-3)10(15-11(14)16)8-4-6-9(13)7-5-8/h4-7,10H,1-3H3,(H3,14,15,16). The molecule has 3 N–H and O–H groups in total. The molecule has 1 aromatic carbocycles. The summed E-state index contributed by atoms with van der Waals surface area (Å²) in [5.74, 6) is -0.332. The highest BCUT2D eigenvalue weighted by Crippen LogP contribution is 2.28. The molecule has 0 saturated heterocycles. The molecule has 0 heterocycles. The molecule has 0 saturated carbocycles. The molecule has 5 heteroatoms. The van der Waals surface area contributed by atoms with Crippen LogP contribution in [0.1, 0.15) is 25.5 Å². The molecule has 0 spiro atoms. The average Bonchev–Trinajstić information content (AvgIpc) is 2.27. The molecular formula is C12H17FN2O2. The minimum Gasteiger partial charge on any atom is -0.376 e. The van der Waals surface area contributed by atoms with Crippen molar-refractivity contribution in [3.8, 4) is 0 Å². The van der Waals surface area contributed by atoms with E-state index in [9.17, 15) is 9.18 Å². The Hall–Kier alpha value is -1.62. The van der Waals surface area contributed by atoms with E-state index in [1.54, 1.807) is 19.2 Å². The fourth-order valence-electron chi connectivity index (χ4n) is 1.57. The van der Waals surface area contributed by atoms with Gasteiger partial charge in [-0.1, -0.05) is 12.1 Å². The van der Waals surface area contributed by atoms with Crippen molar-refractivity contribution in [2.75, 3.05) is 7.11 Å². The summed E-state index contributed by atoms with van der Waals surface area (Å²) in [7, 11) is 1.54. The van der Waals surface area contributed by atoms with Crippen LogP contribution in [0.4, 0.5) is 9.18 Å². The number of benzene rings is 1. The van der Waals surface area contributed by atoms with E-state index in [1.807, 2.05) is 13.8 Å². The molecule has 0 aliphatic heterocycles. The van der Waals surface area contributed by atoms with Crippen LogP contribution < -0.4 is 11.1 Å². The first-order valence-electron chi connectivity index (χ1n) is 5.23. The van der Waals surface area contributed by atoms with E-state index in [0.29, 0.717) is 0 Å². The number of rotatable bonds is 4. The van der Waals surface area contributed by atoms with E-state index in [4.69, 9.17) is 10.5 Å². The smallest absolute Gasteiger partial charge is 0.312 e. The Kier molecular flexibility index (Phi) is 4.07. The molecule has 0 aliphatic rings. The van der Waals surface area contributed by atoms with Gasteiger partial charge in [0, 0.05) is 7.11 Å². The first-order valence-corrected chi connectivity index (χ1v) is 5.23. The summed E-state index contributed by atoms with van der Waals surface area (Å²) in [4.78, 5) is 11.0. The highest BCUT2D eigenvalue weighted by Gasteiger charge is 2.31. The number of ether oxygens (including phenoxy) is 1. The number of carbonyl (C=O) groups excluding carboxylic acids is 1. The van der Waals surface area contributed by atoms with Crippen LogP contribution in [0.15, 0.2) is 24.3 Å². The Labute approximate surface area is 100.0 Å². The number of nitrogens with one attached hydrogen (secondary N) is 1. The minimum absolute atomic E-state index is 0.332. The molecule has 1 unspecified atom stereocenters. The summed E-state index contributed by atoms with van der Waals surface area (Å²) in [6.45, 7) is 3.63. The normalized spacial score (nSPS) is 13.2. The Balaban J connectivity index is 3.05. The molecule has 4 nitrogen and oxygen atoms in total. The molecule has 94 valence electrons. The number of amides is 2. The lowest BCUT2D eigenvalue weighted by Crippen LogP contribution is -2.45. The molecule has 0 radical (unpaired) electrons. The van der Waals surface area contributed by atoms with Crippen LogP contribution in [-0.4, -0.2) is 18.7 Å². The van der Waals surface area contributed by atoms with Crippen LogP contribution in [0.3, 0.4) is 0 Å². The van der Waals surface area contributed by atoms with Gasteiger partial charge in [0.2, 0.25) is 0 Å². The van der Waals surface area contributed by atoms with Crippen molar-refractivity contribution in [3.05, 3.63) is 35.6 Å². The van der Waals surface area contributed by atoms with Crippen LogP contribution in [-0.2, 0) is 4.74 Å². The highest BCUT2D eigenvalue weighted by molar-refractivity contribution is 5.72. The van der Waals surface area contributed by atoms with Gasteiger partial charge in [-0.3, -0.25) is 0 Å². The maximum absolute atomic E-state index is 12.8. The zero-order chi connectivity index (χ0) is 13.1. The molecular weight excluding hydrogens is 223 g/mol. The van der Waals surface area contributed by atoms with Crippen molar-refractivity contribution >= 4 is 6.03 Å². The molecule has 2 amide bonds. The van der Waals surface area contributed by atoms with Gasteiger partial charge in [0.05, 0.1) is 11.6 Å². The molecule has 17 heavy (non-hydrogen) atoms. The quantitative estimate of drug-likeness (QED) is 0.845. The molecule has 0 fully saturated rings. The monoisotopic (exact) mass is 240 g/mol. The maximum atomic E-state index is 12.8. The van der Waals surface area contributed by atoms with E-state index in [0.717, 1.165) is 5.56 Å². The van der Waals surface area contributed by atoms with Gasteiger partial charge < -0.3 is 15.8 Å². The molecule has 1 atom stereocenters. The second kappa shape index (κ2) is 5.14. The van der Waals surface area contributed by atoms with E-state index < -0.39 is 17.7 Å². The topological polar surface area (TPSA) is 64.3 Å². The number of nitrogens with two attached hydrogens (primary N) is 1. The Morgan fingerprint density at radius 2 is 1.94 bits per heavy atom. The van der Waals surface area contributed by atoms with Crippen molar-refractivity contribution in [3.63, 3.8) is 0 Å². The predicted molar refractivity (Wildman–Crippen MR) is 62.9 cm³/mol. The molecule has 0 aromatic heterocycles. The van der Waals surface area contributed by atoms with Crippen molar-refractivity contribution in [1.29, 1.82) is 0 Å². The number of carbonyl (C=O) groups is 1. The lowest BCUT2D eigenvalue weighted by molar-refractivity contribution is -0.00758. The Morgan fingerprint density at radius 3 is 2.35 bits per heavy atom. The largest absolute Gasteiger partial charge is 0.376 e. The number of halogens is 1. The Bertz CT molecular complexity index is 390. The summed E-state index contributed by atoms with van der Waals surface area (Å²) >= 11 is 0. The van der Waals surface area contributed by atoms with Gasteiger partial charge in [0.25, 0.3) is 0 Å². The number of hydrogen-bond donors (Lipinski definition) is 2. The first kappa shape index (κ1) is 13.4. The SMILES string of the molecule is COC(C)(C)C(NC(N)=O)c1ccc(F)cc1. The van der Waals surface area contributed by atoms with Gasteiger partial charge >= 0.3 is 6.03 Å². The van der Waals surface area contributed by atoms with Gasteiger partial charge in [-0.25, -0.2) is 9.18 Å². The van der Waals surface area contributed by atoms with Crippen LogP contribution >= 0.6 is 0 Å². The van der Waals surface area contributed by atoms with Crippen molar-refractivity contribution in [1.82, 2.24) is 5.32 Å². The van der Waals surface area contributed by atoms with Gasteiger partial charge in [0.15, 0.2) is 0 Å².